The number of fused-ring (bicyclic) bond motifs is 2. The van der Waals surface area contributed by atoms with Gasteiger partial charge in [-0.05, 0) is 53.9 Å². The molecule has 26 heavy (non-hydrogen) atoms. The van der Waals surface area contributed by atoms with Gasteiger partial charge in [-0.25, -0.2) is 0 Å². The van der Waals surface area contributed by atoms with E-state index in [0.29, 0.717) is 30.3 Å². The first kappa shape index (κ1) is 19.1. The summed E-state index contributed by atoms with van der Waals surface area (Å²) >= 11 is 0. The highest BCUT2D eigenvalue weighted by Crippen LogP contribution is 2.58. The van der Waals surface area contributed by atoms with Crippen LogP contribution in [-0.2, 0) is 19.1 Å². The number of ether oxygens (including phenoxy) is 1. The van der Waals surface area contributed by atoms with Crippen molar-refractivity contribution in [3.63, 3.8) is 0 Å². The maximum Gasteiger partial charge on any atom is 0.303 e. The van der Waals surface area contributed by atoms with Gasteiger partial charge in [-0.15, -0.1) is 0 Å². The van der Waals surface area contributed by atoms with Crippen LogP contribution < -0.4 is 0 Å². The van der Waals surface area contributed by atoms with Crippen LogP contribution in [0.1, 0.15) is 66.7 Å². The fraction of sp³-hybridized carbons (Fsp3) is 0.682. The third kappa shape index (κ3) is 2.87. The fourth-order valence-electron chi connectivity index (χ4n) is 5.51. The zero-order chi connectivity index (χ0) is 19.3. The quantitative estimate of drug-likeness (QED) is 0.561. The molecule has 0 N–H and O–H groups in total. The summed E-state index contributed by atoms with van der Waals surface area (Å²) in [6.45, 7) is 10.2. The van der Waals surface area contributed by atoms with E-state index in [0.717, 1.165) is 36.7 Å². The van der Waals surface area contributed by atoms with E-state index < -0.39 is 6.10 Å². The highest BCUT2D eigenvalue weighted by molar-refractivity contribution is 6.00. The van der Waals surface area contributed by atoms with Crippen molar-refractivity contribution in [2.75, 3.05) is 0 Å². The van der Waals surface area contributed by atoms with Crippen molar-refractivity contribution in [2.45, 2.75) is 72.8 Å². The van der Waals surface area contributed by atoms with Crippen LogP contribution in [0, 0.1) is 22.7 Å². The molecule has 0 amide bonds. The molecule has 0 bridgehead atoms. The minimum Gasteiger partial charge on any atom is -0.458 e. The van der Waals surface area contributed by atoms with E-state index in [-0.39, 0.29) is 22.6 Å². The number of hydrogen-bond donors (Lipinski definition) is 0. The number of rotatable bonds is 3. The van der Waals surface area contributed by atoms with E-state index in [4.69, 9.17) is 4.74 Å². The number of carbonyl (C=O) groups is 3. The lowest BCUT2D eigenvalue weighted by atomic mass is 9.66. The fourth-order valence-corrected chi connectivity index (χ4v) is 5.51. The topological polar surface area (TPSA) is 60.4 Å². The molecular weight excluding hydrogens is 328 g/mol. The minimum atomic E-state index is -0.494. The van der Waals surface area contributed by atoms with E-state index >= 15 is 0 Å². The largest absolute Gasteiger partial charge is 0.458 e. The molecule has 4 heteroatoms. The molecule has 3 rings (SSSR count). The molecular formula is C22H30O4. The molecule has 1 fully saturated rings. The van der Waals surface area contributed by atoms with Gasteiger partial charge < -0.3 is 4.74 Å². The number of carbonyl (C=O) groups excluding carboxylic acids is 3. The SMILES string of the molecule is CC(=O)OC1CCC2(C)CCC3(C)C(=CC2=C1C=O)C(=O)CC3C(C)C. The first-order valence-electron chi connectivity index (χ1n) is 9.75. The molecule has 142 valence electrons. The summed E-state index contributed by atoms with van der Waals surface area (Å²) in [5.41, 5.74) is 2.06. The molecule has 3 aliphatic rings. The third-order valence-corrected chi connectivity index (χ3v) is 7.13. The molecule has 4 unspecified atom stereocenters. The molecule has 3 aliphatic carbocycles. The Labute approximate surface area is 156 Å². The summed E-state index contributed by atoms with van der Waals surface area (Å²) in [6.07, 6.45) is 6.35. The van der Waals surface area contributed by atoms with Crippen LogP contribution in [0.15, 0.2) is 22.8 Å². The zero-order valence-corrected chi connectivity index (χ0v) is 16.6. The monoisotopic (exact) mass is 358 g/mol. The van der Waals surface area contributed by atoms with Crippen LogP contribution in [0.5, 0.6) is 0 Å². The second kappa shape index (κ2) is 6.47. The molecule has 0 aromatic heterocycles. The molecule has 0 heterocycles. The molecule has 0 aromatic carbocycles. The average molecular weight is 358 g/mol. The van der Waals surface area contributed by atoms with Crippen molar-refractivity contribution in [2.24, 2.45) is 22.7 Å². The first-order chi connectivity index (χ1) is 12.1. The predicted molar refractivity (Wildman–Crippen MR) is 99.4 cm³/mol. The van der Waals surface area contributed by atoms with E-state index in [1.54, 1.807) is 0 Å². The van der Waals surface area contributed by atoms with Crippen molar-refractivity contribution in [1.29, 1.82) is 0 Å². The Morgan fingerprint density at radius 3 is 2.54 bits per heavy atom. The van der Waals surface area contributed by atoms with Crippen molar-refractivity contribution in [3.8, 4) is 0 Å². The van der Waals surface area contributed by atoms with Crippen molar-refractivity contribution >= 4 is 18.0 Å². The Morgan fingerprint density at radius 1 is 1.27 bits per heavy atom. The molecule has 4 nitrogen and oxygen atoms in total. The lowest BCUT2D eigenvalue weighted by Gasteiger charge is -2.39. The normalized spacial score (nSPS) is 37.0. The lowest BCUT2D eigenvalue weighted by Crippen LogP contribution is -2.34. The predicted octanol–water partition coefficient (Wildman–Crippen LogP) is 4.19. The average Bonchev–Trinajstić information content (AvgIpc) is 2.73. The number of aldehydes is 1. The van der Waals surface area contributed by atoms with Crippen LogP contribution >= 0.6 is 0 Å². The number of allylic oxidation sites excluding steroid dienone is 3. The second-order valence-corrected chi connectivity index (χ2v) is 9.14. The Bertz CT molecular complexity index is 714. The summed E-state index contributed by atoms with van der Waals surface area (Å²) < 4.78 is 5.41. The summed E-state index contributed by atoms with van der Waals surface area (Å²) in [5, 5.41) is 0. The van der Waals surface area contributed by atoms with Crippen LogP contribution in [0.2, 0.25) is 0 Å². The van der Waals surface area contributed by atoms with Crippen molar-refractivity contribution in [1.82, 2.24) is 0 Å². The van der Waals surface area contributed by atoms with Gasteiger partial charge in [0.05, 0.1) is 0 Å². The highest BCUT2D eigenvalue weighted by atomic mass is 16.5. The molecule has 0 aliphatic heterocycles. The molecule has 0 radical (unpaired) electrons. The van der Waals surface area contributed by atoms with Gasteiger partial charge in [-0.2, -0.15) is 0 Å². The maximum absolute atomic E-state index is 12.8. The first-order valence-corrected chi connectivity index (χ1v) is 9.75. The summed E-state index contributed by atoms with van der Waals surface area (Å²) in [4.78, 5) is 36.2. The summed E-state index contributed by atoms with van der Waals surface area (Å²) in [6, 6.07) is 0. The number of Topliss-reactive ketones (excluding diaryl/α,β-unsaturated/α-hetero) is 1. The lowest BCUT2D eigenvalue weighted by molar-refractivity contribution is -0.145. The maximum atomic E-state index is 12.8. The van der Waals surface area contributed by atoms with Gasteiger partial charge in [-0.1, -0.05) is 33.8 Å². The minimum absolute atomic E-state index is 0.135. The van der Waals surface area contributed by atoms with Crippen LogP contribution in [0.4, 0.5) is 0 Å². The third-order valence-electron chi connectivity index (χ3n) is 7.13. The molecule has 4 atom stereocenters. The van der Waals surface area contributed by atoms with E-state index in [2.05, 4.69) is 27.7 Å². The Morgan fingerprint density at radius 2 is 1.96 bits per heavy atom. The van der Waals surface area contributed by atoms with Crippen LogP contribution in [-0.4, -0.2) is 24.1 Å². The highest BCUT2D eigenvalue weighted by Gasteiger charge is 2.52. The standard InChI is InChI=1S/C22H30O4/c1-13(2)16-11-19(25)18-10-17-15(12-23)20(26-14(3)24)6-7-21(17,4)8-9-22(16,18)5/h10,12-13,16,20H,6-9,11H2,1-5H3. The van der Waals surface area contributed by atoms with Gasteiger partial charge in [0.15, 0.2) is 5.78 Å². The smallest absolute Gasteiger partial charge is 0.303 e. The van der Waals surface area contributed by atoms with Gasteiger partial charge in [0.2, 0.25) is 0 Å². The molecule has 0 spiro atoms. The number of hydrogen-bond acceptors (Lipinski definition) is 4. The molecule has 1 saturated carbocycles. The summed E-state index contributed by atoms with van der Waals surface area (Å²) in [5.74, 6) is 0.620. The van der Waals surface area contributed by atoms with Crippen molar-refractivity contribution in [3.05, 3.63) is 22.8 Å². The number of esters is 1. The Balaban J connectivity index is 2.15. The number of ketones is 1. The van der Waals surface area contributed by atoms with Gasteiger partial charge in [-0.3, -0.25) is 14.4 Å². The van der Waals surface area contributed by atoms with Crippen LogP contribution in [0.3, 0.4) is 0 Å². The molecule has 0 aromatic rings. The van der Waals surface area contributed by atoms with Crippen molar-refractivity contribution < 1.29 is 19.1 Å². The van der Waals surface area contributed by atoms with Gasteiger partial charge in [0.1, 0.15) is 12.4 Å². The van der Waals surface area contributed by atoms with Gasteiger partial charge in [0.25, 0.3) is 0 Å². The van der Waals surface area contributed by atoms with Gasteiger partial charge in [0, 0.05) is 24.5 Å². The molecule has 0 saturated heterocycles. The zero-order valence-electron chi connectivity index (χ0n) is 16.6. The van der Waals surface area contributed by atoms with E-state index in [1.165, 1.54) is 6.92 Å². The van der Waals surface area contributed by atoms with Gasteiger partial charge >= 0.3 is 5.97 Å². The summed E-state index contributed by atoms with van der Waals surface area (Å²) in [7, 11) is 0. The van der Waals surface area contributed by atoms with E-state index in [9.17, 15) is 14.4 Å². The Hall–Kier alpha value is -1.71. The Kier molecular flexibility index (Phi) is 4.74. The van der Waals surface area contributed by atoms with E-state index in [1.807, 2.05) is 6.08 Å². The van der Waals surface area contributed by atoms with Crippen LogP contribution in [0.25, 0.3) is 0 Å². The second-order valence-electron chi connectivity index (χ2n) is 9.14.